The van der Waals surface area contributed by atoms with Crippen molar-refractivity contribution >= 4 is 9.64 Å². The summed E-state index contributed by atoms with van der Waals surface area (Å²) in [6, 6.07) is 0.0563. The van der Waals surface area contributed by atoms with Crippen LogP contribution in [-0.2, 0) is 16.0 Å². The van der Waals surface area contributed by atoms with Gasteiger partial charge in [-0.25, -0.2) is 0 Å². The number of rotatable bonds is 8. The zero-order valence-corrected chi connectivity index (χ0v) is 31.5. The van der Waals surface area contributed by atoms with Crippen LogP contribution in [-0.4, -0.2) is 40.5 Å². The van der Waals surface area contributed by atoms with E-state index in [1.807, 2.05) is 0 Å². The molecule has 258 valence electrons. The molecule has 2 N–H and O–H groups in total. The van der Waals surface area contributed by atoms with Gasteiger partial charge in [0.2, 0.25) is 0 Å². The van der Waals surface area contributed by atoms with Crippen LogP contribution in [0.5, 0.6) is 0 Å². The van der Waals surface area contributed by atoms with Crippen molar-refractivity contribution in [2.75, 3.05) is 13.1 Å². The molecule has 5 nitrogen and oxygen atoms in total. The Morgan fingerprint density at radius 2 is 1.02 bits per heavy atom. The molecular weight excluding hydrogens is 756 g/mol. The Bertz CT molecular complexity index is 876. The maximum absolute atomic E-state index is 12.4. The Morgan fingerprint density at radius 3 is 1.38 bits per heavy atom. The fourth-order valence-corrected chi connectivity index (χ4v) is 9.87. The molecule has 45 heavy (non-hydrogen) atoms. The molecule has 0 aromatic carbocycles. The maximum atomic E-state index is 12.4. The second kappa shape index (κ2) is 20.3. The van der Waals surface area contributed by atoms with Crippen LogP contribution in [0.4, 0.5) is 0 Å². The van der Waals surface area contributed by atoms with Gasteiger partial charge in [-0.1, -0.05) is 121 Å². The minimum absolute atomic E-state index is 0.0563. The molecule has 0 bridgehead atoms. The normalized spacial score (nSPS) is 26.4. The van der Waals surface area contributed by atoms with Crippen molar-refractivity contribution in [2.24, 2.45) is 23.7 Å². The molecule has 0 aromatic rings. The average Bonchev–Trinajstić information content (AvgIpc) is 3.11. The van der Waals surface area contributed by atoms with Crippen LogP contribution < -0.4 is 0 Å². The summed E-state index contributed by atoms with van der Waals surface area (Å²) in [7, 11) is 4.69. The van der Waals surface area contributed by atoms with E-state index in [9.17, 15) is 10.2 Å². The number of nitrogens with zero attached hydrogens (tertiary/aromatic N) is 3. The molecule has 0 aromatic heterocycles. The van der Waals surface area contributed by atoms with E-state index in [4.69, 9.17) is 18.8 Å². The summed E-state index contributed by atoms with van der Waals surface area (Å²) >= 11 is -1.11. The van der Waals surface area contributed by atoms with Crippen molar-refractivity contribution in [3.05, 3.63) is 34.6 Å². The minimum atomic E-state index is -1.11. The third kappa shape index (κ3) is 11.4. The molecular formula is C38H64ClN3O2Os. The number of allylic oxidation sites excluding steroid dienone is 2. The van der Waals surface area contributed by atoms with E-state index in [1.165, 1.54) is 148 Å². The van der Waals surface area contributed by atoms with E-state index in [0.717, 1.165) is 25.2 Å². The molecule has 2 heterocycles. The second-order valence-electron chi connectivity index (χ2n) is 15.2. The first-order valence-corrected chi connectivity index (χ1v) is 23.3. The Labute approximate surface area is 287 Å². The fraction of sp³-hybridized carbons (Fsp3) is 0.895. The molecule has 1 unspecified atom stereocenters. The summed E-state index contributed by atoms with van der Waals surface area (Å²) in [6.07, 6.45) is 37.2. The molecule has 4 saturated carbocycles. The van der Waals surface area contributed by atoms with Gasteiger partial charge in [0.15, 0.2) is 0 Å². The monoisotopic (exact) mass is 821 g/mol. The fourth-order valence-electron chi connectivity index (χ4n) is 9.87. The average molecular weight is 821 g/mol. The number of piperidine rings is 1. The van der Waals surface area contributed by atoms with Crippen LogP contribution in [0.2, 0.25) is 0 Å². The molecule has 6 aliphatic rings. The van der Waals surface area contributed by atoms with Gasteiger partial charge >= 0.3 is 29.6 Å². The molecule has 0 radical (unpaired) electrons. The van der Waals surface area contributed by atoms with Crippen LogP contribution >= 0.6 is 9.64 Å². The first-order valence-electron chi connectivity index (χ1n) is 19.0. The van der Waals surface area contributed by atoms with Crippen LogP contribution in [0.3, 0.4) is 0 Å². The summed E-state index contributed by atoms with van der Waals surface area (Å²) in [5.41, 5.74) is -0.0874. The van der Waals surface area contributed by atoms with Crippen molar-refractivity contribution in [1.29, 1.82) is 3.88 Å². The Morgan fingerprint density at radius 1 is 0.644 bits per heavy atom. The van der Waals surface area contributed by atoms with Crippen molar-refractivity contribution < 1.29 is 26.3 Å². The Hall–Kier alpha value is -0.204. The van der Waals surface area contributed by atoms with Gasteiger partial charge in [0.05, 0.1) is 11.2 Å². The van der Waals surface area contributed by atoms with E-state index in [0.29, 0.717) is 30.1 Å². The molecule has 0 amide bonds. The van der Waals surface area contributed by atoms with Gasteiger partial charge in [-0.2, -0.15) is 5.70 Å². The predicted octanol–water partition coefficient (Wildman–Crippen LogP) is 11.0. The van der Waals surface area contributed by atoms with Gasteiger partial charge in [0, 0.05) is 0 Å². The quantitative estimate of drug-likeness (QED) is 0.255. The molecule has 1 saturated heterocycles. The summed E-state index contributed by atoms with van der Waals surface area (Å²) in [5.74, 6) is 1.73. The summed E-state index contributed by atoms with van der Waals surface area (Å²) in [4.78, 5) is 0. The predicted molar refractivity (Wildman–Crippen MR) is 184 cm³/mol. The van der Waals surface area contributed by atoms with E-state index >= 15 is 0 Å². The van der Waals surface area contributed by atoms with Crippen molar-refractivity contribution in [1.82, 2.24) is 0 Å². The first kappa shape index (κ1) is 37.6. The molecule has 6 rings (SSSR count). The van der Waals surface area contributed by atoms with Crippen molar-refractivity contribution in [3.63, 3.8) is 0 Å². The standard InChI is InChI=1S/C33H54NO2.C5H10N.ClH.N.Os/c35-32(26-14-5-1-6-15-26,27-16-7-2-8-17-27)24-30-22-13-23-31(34-30)25-33(36,28-18-9-3-10-19-28)29-20-11-4-12-21-29;1-2-4-6-5-3-1;;;/h13,22-23,26-30,35-36H,1-12,14-21,24-25H2;1-5H2;1H;;/q2*-1;;;+3/p-1. The van der Waals surface area contributed by atoms with Crippen molar-refractivity contribution in [3.8, 4) is 0 Å². The SMILES string of the molecule is C1CC[N-]CC1.OC(CC1=CC=CC(CC(O)(C2CCCCC2)C2CCCCC2)[N-]1)(C1CCCCC1)C1CCCCC1.[N]#[Os+2][Cl]. The summed E-state index contributed by atoms with van der Waals surface area (Å²) in [5, 5.41) is 34.2. The number of aliphatic hydroxyl groups is 2. The van der Waals surface area contributed by atoms with Gasteiger partial charge in [0.25, 0.3) is 0 Å². The molecule has 2 aliphatic heterocycles. The zero-order chi connectivity index (χ0) is 31.8. The van der Waals surface area contributed by atoms with Gasteiger partial charge in [0.1, 0.15) is 0 Å². The van der Waals surface area contributed by atoms with Crippen LogP contribution in [0.15, 0.2) is 23.9 Å². The topological polar surface area (TPSA) is 92.4 Å². The number of hydrogen-bond donors (Lipinski definition) is 2. The first-order chi connectivity index (χ1) is 22.0. The zero-order valence-electron chi connectivity index (χ0n) is 28.2. The van der Waals surface area contributed by atoms with E-state index in [1.54, 1.807) is 0 Å². The van der Waals surface area contributed by atoms with Crippen LogP contribution in [0.1, 0.15) is 161 Å². The van der Waals surface area contributed by atoms with Gasteiger partial charge in [-0.15, -0.1) is 13.1 Å². The summed E-state index contributed by atoms with van der Waals surface area (Å²) < 4.78 is 7.47. The number of halogens is 1. The van der Waals surface area contributed by atoms with E-state index in [-0.39, 0.29) is 6.04 Å². The molecule has 7 heteroatoms. The van der Waals surface area contributed by atoms with Gasteiger partial charge < -0.3 is 20.8 Å². The molecule has 0 spiro atoms. The Kier molecular flexibility index (Phi) is 17.0. The third-order valence-corrected chi connectivity index (χ3v) is 12.3. The van der Waals surface area contributed by atoms with Crippen molar-refractivity contribution in [2.45, 2.75) is 178 Å². The van der Waals surface area contributed by atoms with Gasteiger partial charge in [-0.05, 0) is 87.9 Å². The molecule has 5 fully saturated rings. The second-order valence-corrected chi connectivity index (χ2v) is 16.6. The van der Waals surface area contributed by atoms with Crippen LogP contribution in [0.25, 0.3) is 10.6 Å². The van der Waals surface area contributed by atoms with E-state index < -0.39 is 27.2 Å². The number of hydrogen-bond acceptors (Lipinski definition) is 3. The molecule has 4 aliphatic carbocycles. The molecule has 1 atom stereocenters. The Balaban J connectivity index is 0.000000446. The third-order valence-electron chi connectivity index (χ3n) is 12.3. The van der Waals surface area contributed by atoms with E-state index in [2.05, 4.69) is 23.5 Å². The van der Waals surface area contributed by atoms with Gasteiger partial charge in [-0.3, -0.25) is 0 Å². The summed E-state index contributed by atoms with van der Waals surface area (Å²) in [6.45, 7) is 2.25. The van der Waals surface area contributed by atoms with Crippen LogP contribution in [0, 0.1) is 27.6 Å².